The van der Waals surface area contributed by atoms with Crippen molar-refractivity contribution in [2.75, 3.05) is 0 Å². The van der Waals surface area contributed by atoms with Gasteiger partial charge in [-0.15, -0.1) is 5.10 Å². The summed E-state index contributed by atoms with van der Waals surface area (Å²) in [6, 6.07) is 0. The Labute approximate surface area is 76.1 Å². The molecule has 0 radical (unpaired) electrons. The molecule has 0 unspecified atom stereocenters. The number of hydrogen-bond acceptors (Lipinski definition) is 4. The minimum Gasteiger partial charge on any atom is -0.326 e. The molecule has 12 heavy (non-hydrogen) atoms. The first-order chi connectivity index (χ1) is 5.92. The fraction of sp³-hybridized carbons (Fsp3) is 0.750. The molecule has 1 aliphatic rings. The van der Waals surface area contributed by atoms with E-state index in [1.54, 1.807) is 0 Å². The zero-order chi connectivity index (χ0) is 8.39. The first-order valence-electron chi connectivity index (χ1n) is 4.43. The van der Waals surface area contributed by atoms with Crippen molar-refractivity contribution in [1.82, 2.24) is 9.59 Å². The van der Waals surface area contributed by atoms with Gasteiger partial charge in [0, 0.05) is 12.5 Å². The van der Waals surface area contributed by atoms with Crippen LogP contribution in [0.5, 0.6) is 0 Å². The van der Waals surface area contributed by atoms with Crippen LogP contribution >= 0.6 is 11.5 Å². The third kappa shape index (κ3) is 1.36. The van der Waals surface area contributed by atoms with Crippen molar-refractivity contribution in [3.63, 3.8) is 0 Å². The van der Waals surface area contributed by atoms with E-state index in [9.17, 15) is 0 Å². The first-order valence-corrected chi connectivity index (χ1v) is 5.20. The predicted molar refractivity (Wildman–Crippen MR) is 49.0 cm³/mol. The second-order valence-electron chi connectivity index (χ2n) is 3.27. The van der Waals surface area contributed by atoms with Crippen molar-refractivity contribution < 1.29 is 0 Å². The Bertz CT molecular complexity index is 253. The van der Waals surface area contributed by atoms with Crippen LogP contribution in [0.25, 0.3) is 0 Å². The maximum atomic E-state index is 5.59. The van der Waals surface area contributed by atoms with Gasteiger partial charge in [0.15, 0.2) is 0 Å². The van der Waals surface area contributed by atoms with Crippen LogP contribution in [0.2, 0.25) is 0 Å². The van der Waals surface area contributed by atoms with Gasteiger partial charge in [-0.1, -0.05) is 17.3 Å². The Morgan fingerprint density at radius 2 is 2.17 bits per heavy atom. The summed E-state index contributed by atoms with van der Waals surface area (Å²) in [5.74, 6) is 0.655. The lowest BCUT2D eigenvalue weighted by Gasteiger charge is -2.05. The Morgan fingerprint density at radius 3 is 2.83 bits per heavy atom. The van der Waals surface area contributed by atoms with Gasteiger partial charge >= 0.3 is 0 Å². The highest BCUT2D eigenvalue weighted by Gasteiger charge is 2.22. The van der Waals surface area contributed by atoms with Crippen LogP contribution in [0.1, 0.15) is 42.2 Å². The van der Waals surface area contributed by atoms with Crippen LogP contribution < -0.4 is 5.73 Å². The van der Waals surface area contributed by atoms with Gasteiger partial charge in [0.05, 0.1) is 10.6 Å². The van der Waals surface area contributed by atoms with E-state index in [-0.39, 0.29) is 0 Å². The zero-order valence-electron chi connectivity index (χ0n) is 6.99. The number of rotatable bonds is 2. The van der Waals surface area contributed by atoms with E-state index in [4.69, 9.17) is 5.73 Å². The number of aromatic nitrogens is 2. The lowest BCUT2D eigenvalue weighted by atomic mass is 10.0. The molecule has 0 saturated heterocycles. The Kier molecular flexibility index (Phi) is 2.37. The molecule has 4 heteroatoms. The Balaban J connectivity index is 2.19. The van der Waals surface area contributed by atoms with Crippen LogP contribution in [0.3, 0.4) is 0 Å². The summed E-state index contributed by atoms with van der Waals surface area (Å²) in [5.41, 5.74) is 6.77. The van der Waals surface area contributed by atoms with E-state index in [1.165, 1.54) is 47.8 Å². The Morgan fingerprint density at radius 1 is 1.42 bits per heavy atom. The van der Waals surface area contributed by atoms with Gasteiger partial charge in [-0.25, -0.2) is 0 Å². The molecule has 1 saturated carbocycles. The van der Waals surface area contributed by atoms with Gasteiger partial charge in [0.25, 0.3) is 0 Å². The second kappa shape index (κ2) is 3.49. The summed E-state index contributed by atoms with van der Waals surface area (Å²) in [4.78, 5) is 1.18. The maximum Gasteiger partial charge on any atom is 0.0831 e. The van der Waals surface area contributed by atoms with Crippen LogP contribution in [0.15, 0.2) is 0 Å². The third-order valence-electron chi connectivity index (χ3n) is 2.51. The molecule has 1 aromatic heterocycles. The molecule has 0 atom stereocenters. The summed E-state index contributed by atoms with van der Waals surface area (Å²) < 4.78 is 3.95. The minimum absolute atomic E-state index is 0.601. The molecule has 0 aliphatic heterocycles. The standard InChI is InChI=1S/C8H13N3S/c9-5-7-8(10-11-12-7)6-3-1-2-4-6/h6H,1-5,9H2. The summed E-state index contributed by atoms with van der Waals surface area (Å²) in [6.07, 6.45) is 5.23. The topological polar surface area (TPSA) is 51.8 Å². The average Bonchev–Trinajstić information content (AvgIpc) is 2.74. The van der Waals surface area contributed by atoms with Crippen molar-refractivity contribution in [2.24, 2.45) is 5.73 Å². The third-order valence-corrected chi connectivity index (χ3v) is 3.27. The molecule has 2 rings (SSSR count). The summed E-state index contributed by atoms with van der Waals surface area (Å²) in [7, 11) is 0. The molecular formula is C8H13N3S. The van der Waals surface area contributed by atoms with Crippen LogP contribution in [0, 0.1) is 0 Å². The van der Waals surface area contributed by atoms with Gasteiger partial charge in [0.2, 0.25) is 0 Å². The van der Waals surface area contributed by atoms with E-state index in [2.05, 4.69) is 9.59 Å². The van der Waals surface area contributed by atoms with Gasteiger partial charge in [-0.2, -0.15) is 0 Å². The highest BCUT2D eigenvalue weighted by atomic mass is 32.1. The molecule has 1 fully saturated rings. The molecule has 0 spiro atoms. The summed E-state index contributed by atoms with van der Waals surface area (Å²) in [5, 5.41) is 4.16. The van der Waals surface area contributed by atoms with E-state index in [0.29, 0.717) is 12.5 Å². The molecule has 0 amide bonds. The van der Waals surface area contributed by atoms with Crippen molar-refractivity contribution in [3.8, 4) is 0 Å². The average molecular weight is 183 g/mol. The molecule has 0 bridgehead atoms. The number of hydrogen-bond donors (Lipinski definition) is 1. The van der Waals surface area contributed by atoms with Crippen molar-refractivity contribution >= 4 is 11.5 Å². The van der Waals surface area contributed by atoms with Gasteiger partial charge in [-0.05, 0) is 24.4 Å². The second-order valence-corrected chi connectivity index (χ2v) is 4.11. The molecular weight excluding hydrogens is 170 g/mol. The van der Waals surface area contributed by atoms with Gasteiger partial charge in [-0.3, -0.25) is 0 Å². The molecule has 66 valence electrons. The van der Waals surface area contributed by atoms with Crippen LogP contribution in [-0.2, 0) is 6.54 Å². The van der Waals surface area contributed by atoms with Crippen molar-refractivity contribution in [3.05, 3.63) is 10.6 Å². The highest BCUT2D eigenvalue weighted by Crippen LogP contribution is 2.35. The number of nitrogens with two attached hydrogens (primary N) is 1. The monoisotopic (exact) mass is 183 g/mol. The van der Waals surface area contributed by atoms with E-state index < -0.39 is 0 Å². The normalized spacial score (nSPS) is 18.8. The molecule has 1 heterocycles. The molecule has 0 aromatic carbocycles. The molecule has 2 N–H and O–H groups in total. The first kappa shape index (κ1) is 8.13. The van der Waals surface area contributed by atoms with Crippen LogP contribution in [-0.4, -0.2) is 9.59 Å². The van der Waals surface area contributed by atoms with Crippen LogP contribution in [0.4, 0.5) is 0 Å². The SMILES string of the molecule is NCc1snnc1C1CCCC1. The number of nitrogens with zero attached hydrogens (tertiary/aromatic N) is 2. The maximum absolute atomic E-state index is 5.59. The van der Waals surface area contributed by atoms with Gasteiger partial charge < -0.3 is 5.73 Å². The largest absolute Gasteiger partial charge is 0.326 e. The lowest BCUT2D eigenvalue weighted by Crippen LogP contribution is -2.01. The zero-order valence-corrected chi connectivity index (χ0v) is 7.81. The quantitative estimate of drug-likeness (QED) is 0.758. The van der Waals surface area contributed by atoms with E-state index in [1.807, 2.05) is 0 Å². The molecule has 3 nitrogen and oxygen atoms in total. The molecule has 1 aromatic rings. The predicted octanol–water partition coefficient (Wildman–Crippen LogP) is 1.65. The molecule has 1 aliphatic carbocycles. The van der Waals surface area contributed by atoms with E-state index >= 15 is 0 Å². The summed E-state index contributed by atoms with van der Waals surface area (Å²) in [6.45, 7) is 0.601. The minimum atomic E-state index is 0.601. The smallest absolute Gasteiger partial charge is 0.0831 e. The fourth-order valence-corrected chi connectivity index (χ4v) is 2.47. The fourth-order valence-electron chi connectivity index (χ4n) is 1.87. The van der Waals surface area contributed by atoms with Gasteiger partial charge in [0.1, 0.15) is 0 Å². The highest BCUT2D eigenvalue weighted by molar-refractivity contribution is 7.05. The van der Waals surface area contributed by atoms with Crippen molar-refractivity contribution in [1.29, 1.82) is 0 Å². The van der Waals surface area contributed by atoms with Crippen molar-refractivity contribution in [2.45, 2.75) is 38.1 Å². The lowest BCUT2D eigenvalue weighted by molar-refractivity contribution is 0.684. The Hall–Kier alpha value is -0.480. The van der Waals surface area contributed by atoms with E-state index in [0.717, 1.165) is 0 Å². The summed E-state index contributed by atoms with van der Waals surface area (Å²) >= 11 is 1.45.